The SMILES string of the molecule is CCC(CCN)NC(=O)c1cc(C)nn1CC. The van der Waals surface area contributed by atoms with Gasteiger partial charge in [0, 0.05) is 12.6 Å². The van der Waals surface area contributed by atoms with Crippen molar-refractivity contribution in [3.05, 3.63) is 17.5 Å². The first-order chi connectivity index (χ1) is 8.12. The molecule has 0 saturated heterocycles. The topological polar surface area (TPSA) is 72.9 Å². The molecular weight excluding hydrogens is 216 g/mol. The number of aryl methyl sites for hydroxylation is 2. The van der Waals surface area contributed by atoms with Crippen LogP contribution in [0.2, 0.25) is 0 Å². The van der Waals surface area contributed by atoms with E-state index in [-0.39, 0.29) is 11.9 Å². The van der Waals surface area contributed by atoms with Crippen molar-refractivity contribution < 1.29 is 4.79 Å². The number of nitrogens with one attached hydrogen (secondary N) is 1. The molecule has 1 aromatic heterocycles. The maximum atomic E-state index is 12.1. The van der Waals surface area contributed by atoms with Gasteiger partial charge in [-0.15, -0.1) is 0 Å². The maximum Gasteiger partial charge on any atom is 0.269 e. The van der Waals surface area contributed by atoms with Crippen LogP contribution in [0.25, 0.3) is 0 Å². The van der Waals surface area contributed by atoms with Gasteiger partial charge >= 0.3 is 0 Å². The van der Waals surface area contributed by atoms with Crippen LogP contribution in [-0.2, 0) is 6.54 Å². The van der Waals surface area contributed by atoms with Crippen LogP contribution in [0.3, 0.4) is 0 Å². The highest BCUT2D eigenvalue weighted by Crippen LogP contribution is 2.05. The zero-order valence-electron chi connectivity index (χ0n) is 10.9. The van der Waals surface area contributed by atoms with Gasteiger partial charge in [-0.3, -0.25) is 9.48 Å². The normalized spacial score (nSPS) is 12.5. The van der Waals surface area contributed by atoms with Gasteiger partial charge in [0.1, 0.15) is 5.69 Å². The molecule has 0 bridgehead atoms. The summed E-state index contributed by atoms with van der Waals surface area (Å²) in [5, 5.41) is 7.25. The molecular formula is C12H22N4O. The van der Waals surface area contributed by atoms with Crippen LogP contribution in [-0.4, -0.2) is 28.3 Å². The van der Waals surface area contributed by atoms with E-state index in [0.717, 1.165) is 18.5 Å². The molecule has 0 aliphatic carbocycles. The number of carbonyl (C=O) groups is 1. The standard InChI is InChI=1S/C12H22N4O/c1-4-10(6-7-13)14-12(17)11-8-9(3)15-16(11)5-2/h8,10H,4-7,13H2,1-3H3,(H,14,17). The van der Waals surface area contributed by atoms with Gasteiger partial charge in [0.2, 0.25) is 0 Å². The quantitative estimate of drug-likeness (QED) is 0.778. The van der Waals surface area contributed by atoms with Gasteiger partial charge in [-0.2, -0.15) is 5.10 Å². The third-order valence-corrected chi connectivity index (χ3v) is 2.78. The van der Waals surface area contributed by atoms with Gasteiger partial charge < -0.3 is 11.1 Å². The van der Waals surface area contributed by atoms with E-state index in [4.69, 9.17) is 5.73 Å². The van der Waals surface area contributed by atoms with Crippen molar-refractivity contribution in [1.29, 1.82) is 0 Å². The summed E-state index contributed by atoms with van der Waals surface area (Å²) in [4.78, 5) is 12.1. The minimum absolute atomic E-state index is 0.0623. The second-order valence-electron chi connectivity index (χ2n) is 4.14. The van der Waals surface area contributed by atoms with Crippen LogP contribution in [0.4, 0.5) is 0 Å². The summed E-state index contributed by atoms with van der Waals surface area (Å²) < 4.78 is 1.72. The minimum atomic E-state index is -0.0623. The van der Waals surface area contributed by atoms with Crippen LogP contribution in [0.5, 0.6) is 0 Å². The molecule has 3 N–H and O–H groups in total. The van der Waals surface area contributed by atoms with Crippen molar-refractivity contribution in [1.82, 2.24) is 15.1 Å². The highest BCUT2D eigenvalue weighted by Gasteiger charge is 2.16. The summed E-state index contributed by atoms with van der Waals surface area (Å²) in [5.74, 6) is -0.0623. The Morgan fingerprint density at radius 2 is 2.29 bits per heavy atom. The highest BCUT2D eigenvalue weighted by atomic mass is 16.2. The lowest BCUT2D eigenvalue weighted by Crippen LogP contribution is -2.37. The first-order valence-corrected chi connectivity index (χ1v) is 6.17. The fourth-order valence-electron chi connectivity index (χ4n) is 1.81. The van der Waals surface area contributed by atoms with Crippen molar-refractivity contribution >= 4 is 5.91 Å². The predicted octanol–water partition coefficient (Wildman–Crippen LogP) is 1.07. The van der Waals surface area contributed by atoms with Crippen LogP contribution in [0.1, 0.15) is 42.9 Å². The molecule has 17 heavy (non-hydrogen) atoms. The van der Waals surface area contributed by atoms with Crippen molar-refractivity contribution in [2.24, 2.45) is 5.73 Å². The molecule has 1 rings (SSSR count). The maximum absolute atomic E-state index is 12.1. The Balaban J connectivity index is 2.74. The molecule has 0 aromatic carbocycles. The number of amides is 1. The molecule has 1 heterocycles. The largest absolute Gasteiger partial charge is 0.348 e. The Labute approximate surface area is 102 Å². The number of hydrogen-bond acceptors (Lipinski definition) is 3. The summed E-state index contributed by atoms with van der Waals surface area (Å²) >= 11 is 0. The van der Waals surface area contributed by atoms with Gasteiger partial charge in [0.05, 0.1) is 5.69 Å². The second-order valence-corrected chi connectivity index (χ2v) is 4.14. The number of aromatic nitrogens is 2. The minimum Gasteiger partial charge on any atom is -0.348 e. The third kappa shape index (κ3) is 3.56. The smallest absolute Gasteiger partial charge is 0.269 e. The second kappa shape index (κ2) is 6.39. The van der Waals surface area contributed by atoms with Gasteiger partial charge in [0.25, 0.3) is 5.91 Å². The summed E-state index contributed by atoms with van der Waals surface area (Å²) in [6, 6.07) is 1.96. The Bertz CT molecular complexity index is 373. The van der Waals surface area contributed by atoms with Crippen LogP contribution < -0.4 is 11.1 Å². The van der Waals surface area contributed by atoms with Crippen molar-refractivity contribution in [3.63, 3.8) is 0 Å². The van der Waals surface area contributed by atoms with Gasteiger partial charge in [-0.05, 0) is 39.3 Å². The summed E-state index contributed by atoms with van der Waals surface area (Å²) in [5.41, 5.74) is 7.00. The molecule has 5 nitrogen and oxygen atoms in total. The molecule has 0 radical (unpaired) electrons. The average molecular weight is 238 g/mol. The Kier molecular flexibility index (Phi) is 5.15. The third-order valence-electron chi connectivity index (χ3n) is 2.78. The zero-order valence-corrected chi connectivity index (χ0v) is 10.9. The summed E-state index contributed by atoms with van der Waals surface area (Å²) in [7, 11) is 0. The van der Waals surface area contributed by atoms with E-state index in [9.17, 15) is 4.79 Å². The van der Waals surface area contributed by atoms with E-state index in [0.29, 0.717) is 18.8 Å². The molecule has 1 unspecified atom stereocenters. The first kappa shape index (κ1) is 13.7. The number of carbonyl (C=O) groups excluding carboxylic acids is 1. The van der Waals surface area contributed by atoms with E-state index in [1.807, 2.05) is 26.8 Å². The first-order valence-electron chi connectivity index (χ1n) is 6.17. The molecule has 96 valence electrons. The Morgan fingerprint density at radius 1 is 1.59 bits per heavy atom. The highest BCUT2D eigenvalue weighted by molar-refractivity contribution is 5.92. The number of rotatable bonds is 6. The molecule has 1 amide bonds. The molecule has 1 aromatic rings. The summed E-state index contributed by atoms with van der Waals surface area (Å²) in [6.45, 7) is 7.19. The number of nitrogens with two attached hydrogens (primary N) is 1. The number of nitrogens with zero attached hydrogens (tertiary/aromatic N) is 2. The van der Waals surface area contributed by atoms with Crippen LogP contribution >= 0.6 is 0 Å². The predicted molar refractivity (Wildman–Crippen MR) is 67.9 cm³/mol. The van der Waals surface area contributed by atoms with Crippen molar-refractivity contribution in [2.45, 2.75) is 46.2 Å². The molecule has 0 aliphatic heterocycles. The number of hydrogen-bond donors (Lipinski definition) is 2. The summed E-state index contributed by atoms with van der Waals surface area (Å²) in [6.07, 6.45) is 1.70. The lowest BCUT2D eigenvalue weighted by atomic mass is 10.1. The van der Waals surface area contributed by atoms with Gasteiger partial charge in [0.15, 0.2) is 0 Å². The molecule has 1 atom stereocenters. The fourth-order valence-corrected chi connectivity index (χ4v) is 1.81. The molecule has 0 spiro atoms. The zero-order chi connectivity index (χ0) is 12.8. The lowest BCUT2D eigenvalue weighted by molar-refractivity contribution is 0.0923. The molecule has 0 saturated carbocycles. The molecule has 5 heteroatoms. The van der Waals surface area contributed by atoms with Crippen molar-refractivity contribution in [2.75, 3.05) is 6.54 Å². The van der Waals surface area contributed by atoms with E-state index in [1.165, 1.54) is 0 Å². The van der Waals surface area contributed by atoms with E-state index >= 15 is 0 Å². The Morgan fingerprint density at radius 3 is 2.82 bits per heavy atom. The van der Waals surface area contributed by atoms with Gasteiger partial charge in [-0.25, -0.2) is 0 Å². The molecule has 0 aliphatic rings. The van der Waals surface area contributed by atoms with E-state index in [2.05, 4.69) is 10.4 Å². The van der Waals surface area contributed by atoms with E-state index in [1.54, 1.807) is 4.68 Å². The van der Waals surface area contributed by atoms with Crippen LogP contribution in [0.15, 0.2) is 6.07 Å². The monoisotopic (exact) mass is 238 g/mol. The van der Waals surface area contributed by atoms with Crippen molar-refractivity contribution in [3.8, 4) is 0 Å². The van der Waals surface area contributed by atoms with Crippen LogP contribution in [0, 0.1) is 6.92 Å². The lowest BCUT2D eigenvalue weighted by Gasteiger charge is -2.16. The Hall–Kier alpha value is -1.36. The van der Waals surface area contributed by atoms with E-state index < -0.39 is 0 Å². The average Bonchev–Trinajstić information content (AvgIpc) is 2.69. The fraction of sp³-hybridized carbons (Fsp3) is 0.667. The van der Waals surface area contributed by atoms with Gasteiger partial charge in [-0.1, -0.05) is 6.92 Å². The molecule has 0 fully saturated rings.